The molecule has 16 heavy (non-hydrogen) atoms. The van der Waals surface area contributed by atoms with Gasteiger partial charge in [0.25, 0.3) is 0 Å². The van der Waals surface area contributed by atoms with Crippen LogP contribution in [-0.2, 0) is 6.42 Å². The number of nitrogens with zero attached hydrogens (tertiary/aromatic N) is 1. The molecule has 0 aliphatic rings. The van der Waals surface area contributed by atoms with Gasteiger partial charge in [0.1, 0.15) is 0 Å². The van der Waals surface area contributed by atoms with Crippen LogP contribution >= 0.6 is 45.5 Å². The fourth-order valence-corrected chi connectivity index (χ4v) is 2.70. The predicted molar refractivity (Wildman–Crippen MR) is 74.3 cm³/mol. The molecule has 0 amide bonds. The fraction of sp³-hybridized carbons (Fsp3) is 0.0909. The van der Waals surface area contributed by atoms with Crippen LogP contribution in [0.15, 0.2) is 29.9 Å². The highest BCUT2D eigenvalue weighted by atomic mass is 127. The molecule has 0 saturated heterocycles. The van der Waals surface area contributed by atoms with Gasteiger partial charge in [-0.2, -0.15) is 0 Å². The Morgan fingerprint density at radius 3 is 3.00 bits per heavy atom. The number of carbonyl (C=O) groups excluding carboxylic acids is 1. The van der Waals surface area contributed by atoms with E-state index < -0.39 is 0 Å². The Hall–Kier alpha value is -0.460. The van der Waals surface area contributed by atoms with Gasteiger partial charge in [-0.25, -0.2) is 0 Å². The topological polar surface area (TPSA) is 30.0 Å². The maximum atomic E-state index is 12.0. The van der Waals surface area contributed by atoms with Gasteiger partial charge in [0.15, 0.2) is 5.78 Å². The number of thiazole rings is 1. The normalized spacial score (nSPS) is 10.4. The van der Waals surface area contributed by atoms with E-state index in [0.29, 0.717) is 17.0 Å². The van der Waals surface area contributed by atoms with Crippen molar-refractivity contribution in [3.63, 3.8) is 0 Å². The molecule has 5 heteroatoms. The van der Waals surface area contributed by atoms with E-state index in [2.05, 4.69) is 27.6 Å². The molecule has 0 spiro atoms. The van der Waals surface area contributed by atoms with Gasteiger partial charge < -0.3 is 0 Å². The van der Waals surface area contributed by atoms with Crippen molar-refractivity contribution in [2.45, 2.75) is 6.42 Å². The van der Waals surface area contributed by atoms with Crippen molar-refractivity contribution < 1.29 is 4.79 Å². The summed E-state index contributed by atoms with van der Waals surface area (Å²) in [7, 11) is 0. The highest BCUT2D eigenvalue weighted by Gasteiger charge is 2.12. The second kappa shape index (κ2) is 5.25. The number of carbonyl (C=O) groups is 1. The van der Waals surface area contributed by atoms with Gasteiger partial charge in [0, 0.05) is 31.7 Å². The second-order valence-corrected chi connectivity index (χ2v) is 5.76. The van der Waals surface area contributed by atoms with E-state index >= 15 is 0 Å². The minimum atomic E-state index is 0.0798. The van der Waals surface area contributed by atoms with Gasteiger partial charge in [-0.3, -0.25) is 9.78 Å². The van der Waals surface area contributed by atoms with Crippen LogP contribution in [0.3, 0.4) is 0 Å². The summed E-state index contributed by atoms with van der Waals surface area (Å²) in [6.07, 6.45) is 2.11. The number of hydrogen-bond acceptors (Lipinski definition) is 3. The fourth-order valence-electron chi connectivity index (χ4n) is 1.29. The summed E-state index contributed by atoms with van der Waals surface area (Å²) in [6.45, 7) is 0. The third-order valence-electron chi connectivity index (χ3n) is 2.05. The standard InChI is InChI=1S/C11H7ClINOS/c12-7-1-2-10(13)9(3-7)11(15)4-8-5-14-6-16-8/h1-3,5-6H,4H2. The molecule has 0 fully saturated rings. The van der Waals surface area contributed by atoms with Gasteiger partial charge in [-0.15, -0.1) is 11.3 Å². The number of rotatable bonds is 3. The molecule has 1 aromatic carbocycles. The number of halogens is 2. The number of Topliss-reactive ketones (excluding diaryl/α,β-unsaturated/α-hetero) is 1. The SMILES string of the molecule is O=C(Cc1cncs1)c1cc(Cl)ccc1I. The van der Waals surface area contributed by atoms with Crippen LogP contribution in [0.25, 0.3) is 0 Å². The molecule has 2 nitrogen and oxygen atoms in total. The molecule has 0 atom stereocenters. The van der Waals surface area contributed by atoms with Crippen LogP contribution in [0, 0.1) is 3.57 Å². The largest absolute Gasteiger partial charge is 0.294 e. The molecule has 0 saturated carbocycles. The lowest BCUT2D eigenvalue weighted by Gasteiger charge is -2.03. The van der Waals surface area contributed by atoms with Crippen molar-refractivity contribution in [3.8, 4) is 0 Å². The van der Waals surface area contributed by atoms with Gasteiger partial charge in [-0.05, 0) is 40.8 Å². The number of aromatic nitrogens is 1. The first-order valence-corrected chi connectivity index (χ1v) is 6.86. The van der Waals surface area contributed by atoms with Crippen LogP contribution < -0.4 is 0 Å². The van der Waals surface area contributed by atoms with Crippen molar-refractivity contribution in [1.29, 1.82) is 0 Å². The maximum Gasteiger partial charge on any atom is 0.169 e. The molecule has 0 bridgehead atoms. The summed E-state index contributed by atoms with van der Waals surface area (Å²) in [5.74, 6) is 0.0798. The Labute approximate surface area is 116 Å². The molecule has 2 rings (SSSR count). The van der Waals surface area contributed by atoms with Crippen molar-refractivity contribution >= 4 is 51.3 Å². The summed E-state index contributed by atoms with van der Waals surface area (Å²) >= 11 is 9.51. The second-order valence-electron chi connectivity index (χ2n) is 3.19. The monoisotopic (exact) mass is 363 g/mol. The zero-order valence-corrected chi connectivity index (χ0v) is 11.8. The third kappa shape index (κ3) is 2.81. The Balaban J connectivity index is 2.24. The minimum Gasteiger partial charge on any atom is -0.294 e. The first-order chi connectivity index (χ1) is 7.66. The van der Waals surface area contributed by atoms with E-state index in [1.807, 2.05) is 6.07 Å². The average Bonchev–Trinajstić information content (AvgIpc) is 2.74. The minimum absolute atomic E-state index is 0.0798. The van der Waals surface area contributed by atoms with Crippen molar-refractivity contribution in [2.24, 2.45) is 0 Å². The Morgan fingerprint density at radius 1 is 1.50 bits per heavy atom. The molecule has 0 N–H and O–H groups in total. The smallest absolute Gasteiger partial charge is 0.169 e. The first-order valence-electron chi connectivity index (χ1n) is 4.52. The van der Waals surface area contributed by atoms with E-state index in [1.54, 1.807) is 23.8 Å². The molecule has 82 valence electrons. The lowest BCUT2D eigenvalue weighted by molar-refractivity contribution is 0.0993. The molecule has 0 radical (unpaired) electrons. The van der Waals surface area contributed by atoms with E-state index in [-0.39, 0.29) is 5.78 Å². The van der Waals surface area contributed by atoms with Gasteiger partial charge in [0.05, 0.1) is 5.51 Å². The molecule has 1 heterocycles. The Kier molecular flexibility index (Phi) is 3.94. The lowest BCUT2D eigenvalue weighted by atomic mass is 10.1. The molecule has 2 aromatic rings. The van der Waals surface area contributed by atoms with E-state index in [0.717, 1.165) is 8.45 Å². The van der Waals surface area contributed by atoms with Crippen LogP contribution in [0.4, 0.5) is 0 Å². The van der Waals surface area contributed by atoms with E-state index in [9.17, 15) is 4.79 Å². The van der Waals surface area contributed by atoms with E-state index in [1.165, 1.54) is 11.3 Å². The zero-order chi connectivity index (χ0) is 11.5. The maximum absolute atomic E-state index is 12.0. The highest BCUT2D eigenvalue weighted by molar-refractivity contribution is 14.1. The van der Waals surface area contributed by atoms with Crippen LogP contribution in [0.1, 0.15) is 15.2 Å². The van der Waals surface area contributed by atoms with E-state index in [4.69, 9.17) is 11.6 Å². The van der Waals surface area contributed by atoms with Crippen LogP contribution in [0.5, 0.6) is 0 Å². The summed E-state index contributed by atoms with van der Waals surface area (Å²) in [5.41, 5.74) is 2.41. The summed E-state index contributed by atoms with van der Waals surface area (Å²) in [6, 6.07) is 5.35. The summed E-state index contributed by atoms with van der Waals surface area (Å²) < 4.78 is 0.927. The summed E-state index contributed by atoms with van der Waals surface area (Å²) in [5, 5.41) is 0.591. The molecular formula is C11H7ClINOS. The number of hydrogen-bond donors (Lipinski definition) is 0. The molecule has 1 aromatic heterocycles. The van der Waals surface area contributed by atoms with Gasteiger partial charge in [-0.1, -0.05) is 11.6 Å². The van der Waals surface area contributed by atoms with Crippen LogP contribution in [0.2, 0.25) is 5.02 Å². The zero-order valence-electron chi connectivity index (χ0n) is 8.11. The van der Waals surface area contributed by atoms with Crippen LogP contribution in [-0.4, -0.2) is 10.8 Å². The highest BCUT2D eigenvalue weighted by Crippen LogP contribution is 2.20. The molecular weight excluding hydrogens is 357 g/mol. The van der Waals surface area contributed by atoms with Crippen molar-refractivity contribution in [3.05, 3.63) is 48.9 Å². The predicted octanol–water partition coefficient (Wildman–Crippen LogP) is 3.83. The number of ketones is 1. The Bertz CT molecular complexity index is 513. The van der Waals surface area contributed by atoms with Crippen molar-refractivity contribution in [2.75, 3.05) is 0 Å². The first kappa shape index (κ1) is 12.0. The average molecular weight is 364 g/mol. The van der Waals surface area contributed by atoms with Gasteiger partial charge >= 0.3 is 0 Å². The molecule has 0 unspecified atom stereocenters. The Morgan fingerprint density at radius 2 is 2.31 bits per heavy atom. The molecule has 0 aliphatic carbocycles. The van der Waals surface area contributed by atoms with Crippen molar-refractivity contribution in [1.82, 2.24) is 4.98 Å². The third-order valence-corrected chi connectivity index (χ3v) is 4.00. The molecule has 0 aliphatic heterocycles. The lowest BCUT2D eigenvalue weighted by Crippen LogP contribution is -2.04. The number of benzene rings is 1. The van der Waals surface area contributed by atoms with Gasteiger partial charge in [0.2, 0.25) is 0 Å². The quantitative estimate of drug-likeness (QED) is 0.613. The summed E-state index contributed by atoms with van der Waals surface area (Å²) in [4.78, 5) is 16.9.